The minimum atomic E-state index is -1.14. The lowest BCUT2D eigenvalue weighted by atomic mass is 10.1. The summed E-state index contributed by atoms with van der Waals surface area (Å²) < 4.78 is 13.8. The predicted octanol–water partition coefficient (Wildman–Crippen LogP) is 2.64. The Morgan fingerprint density at radius 1 is 1.12 bits per heavy atom. The monoisotopic (exact) mass is 353 g/mol. The summed E-state index contributed by atoms with van der Waals surface area (Å²) in [6, 6.07) is 15.3. The molecule has 0 radical (unpaired) electrons. The van der Waals surface area contributed by atoms with E-state index in [9.17, 15) is 19.1 Å². The summed E-state index contributed by atoms with van der Waals surface area (Å²) in [7, 11) is 0. The average molecular weight is 353 g/mol. The van der Waals surface area contributed by atoms with Gasteiger partial charge >= 0.3 is 5.97 Å². The number of H-pyrrole nitrogens is 1. The van der Waals surface area contributed by atoms with Gasteiger partial charge in [0, 0.05) is 12.0 Å². The molecule has 3 aromatic rings. The number of carboxylic acids is 1. The minimum absolute atomic E-state index is 0.0579. The van der Waals surface area contributed by atoms with Crippen LogP contribution in [0.5, 0.6) is 0 Å². The van der Waals surface area contributed by atoms with Gasteiger partial charge in [0.1, 0.15) is 17.6 Å². The fourth-order valence-corrected chi connectivity index (χ4v) is 2.53. The number of benzene rings is 2. The number of amides is 1. The largest absolute Gasteiger partial charge is 0.480 e. The van der Waals surface area contributed by atoms with Crippen molar-refractivity contribution in [1.82, 2.24) is 15.5 Å². The number of aliphatic carboxylic acids is 1. The molecule has 1 amide bonds. The van der Waals surface area contributed by atoms with Crippen LogP contribution in [0.15, 0.2) is 60.7 Å². The fraction of sp³-hybridized carbons (Fsp3) is 0.105. The number of hydrogen-bond donors (Lipinski definition) is 3. The second kappa shape index (κ2) is 7.60. The lowest BCUT2D eigenvalue weighted by molar-refractivity contribution is -0.139. The third kappa shape index (κ3) is 3.94. The van der Waals surface area contributed by atoms with Gasteiger partial charge in [-0.25, -0.2) is 9.18 Å². The van der Waals surface area contributed by atoms with Crippen LogP contribution in [0.4, 0.5) is 4.39 Å². The van der Waals surface area contributed by atoms with E-state index in [1.165, 1.54) is 12.1 Å². The van der Waals surface area contributed by atoms with Gasteiger partial charge in [-0.3, -0.25) is 9.89 Å². The summed E-state index contributed by atoms with van der Waals surface area (Å²) in [5.74, 6) is -2.22. The van der Waals surface area contributed by atoms with Crippen molar-refractivity contribution in [3.05, 3.63) is 77.7 Å². The van der Waals surface area contributed by atoms with Crippen LogP contribution in [-0.4, -0.2) is 33.2 Å². The standard InChI is InChI=1S/C19H16FN3O3/c20-14-9-5-4-8-13(14)15-11-16(23-22-15)18(24)21-17(19(25)26)10-12-6-2-1-3-7-12/h1-9,11,17H,10H2,(H,21,24)(H,22,23)(H,25,26)/t17-/m1/s1. The van der Waals surface area contributed by atoms with Crippen molar-refractivity contribution in [2.75, 3.05) is 0 Å². The van der Waals surface area contributed by atoms with Crippen LogP contribution in [0.2, 0.25) is 0 Å². The van der Waals surface area contributed by atoms with Crippen molar-refractivity contribution < 1.29 is 19.1 Å². The van der Waals surface area contributed by atoms with E-state index in [2.05, 4.69) is 15.5 Å². The Hall–Kier alpha value is -3.48. The molecule has 3 rings (SSSR count). The van der Waals surface area contributed by atoms with E-state index >= 15 is 0 Å². The Labute approximate surface area is 148 Å². The van der Waals surface area contributed by atoms with Gasteiger partial charge in [0.25, 0.3) is 5.91 Å². The van der Waals surface area contributed by atoms with E-state index in [-0.39, 0.29) is 23.4 Å². The molecular weight excluding hydrogens is 337 g/mol. The molecule has 0 fully saturated rings. The van der Waals surface area contributed by atoms with E-state index in [4.69, 9.17) is 0 Å². The van der Waals surface area contributed by atoms with Crippen molar-refractivity contribution in [2.24, 2.45) is 0 Å². The van der Waals surface area contributed by atoms with Crippen molar-refractivity contribution in [1.29, 1.82) is 0 Å². The van der Waals surface area contributed by atoms with Crippen molar-refractivity contribution >= 4 is 11.9 Å². The Balaban J connectivity index is 1.74. The number of hydrogen-bond acceptors (Lipinski definition) is 3. The highest BCUT2D eigenvalue weighted by Crippen LogP contribution is 2.20. The molecule has 1 heterocycles. The Bertz CT molecular complexity index is 925. The maximum absolute atomic E-state index is 13.8. The molecule has 0 saturated heterocycles. The van der Waals surface area contributed by atoms with E-state index in [1.807, 2.05) is 6.07 Å². The molecule has 0 aliphatic carbocycles. The first-order valence-corrected chi connectivity index (χ1v) is 7.92. The summed E-state index contributed by atoms with van der Waals surface area (Å²) in [6.07, 6.45) is 0.149. The minimum Gasteiger partial charge on any atom is -0.480 e. The van der Waals surface area contributed by atoms with E-state index < -0.39 is 23.7 Å². The number of carboxylic acid groups (broad SMARTS) is 1. The third-order valence-electron chi connectivity index (χ3n) is 3.86. The van der Waals surface area contributed by atoms with Crippen LogP contribution in [-0.2, 0) is 11.2 Å². The molecule has 0 aliphatic heterocycles. The van der Waals surface area contributed by atoms with Crippen molar-refractivity contribution in [2.45, 2.75) is 12.5 Å². The second-order valence-corrected chi connectivity index (χ2v) is 5.70. The maximum Gasteiger partial charge on any atom is 0.326 e. The summed E-state index contributed by atoms with van der Waals surface area (Å²) in [5.41, 5.74) is 1.37. The Morgan fingerprint density at radius 2 is 1.81 bits per heavy atom. The van der Waals surface area contributed by atoms with Crippen LogP contribution in [0.3, 0.4) is 0 Å². The highest BCUT2D eigenvalue weighted by atomic mass is 19.1. The number of aromatic nitrogens is 2. The molecule has 0 saturated carbocycles. The smallest absolute Gasteiger partial charge is 0.326 e. The zero-order valence-corrected chi connectivity index (χ0v) is 13.6. The summed E-state index contributed by atoms with van der Waals surface area (Å²) in [5, 5.41) is 18.3. The number of nitrogens with one attached hydrogen (secondary N) is 2. The first-order chi connectivity index (χ1) is 12.5. The first-order valence-electron chi connectivity index (χ1n) is 7.92. The van der Waals surface area contributed by atoms with Gasteiger partial charge in [-0.1, -0.05) is 42.5 Å². The third-order valence-corrected chi connectivity index (χ3v) is 3.86. The molecular formula is C19H16FN3O3. The van der Waals surface area contributed by atoms with Gasteiger partial charge in [-0.05, 0) is 23.8 Å². The molecule has 3 N–H and O–H groups in total. The molecule has 7 heteroatoms. The van der Waals surface area contributed by atoms with E-state index in [0.29, 0.717) is 0 Å². The molecule has 0 aliphatic rings. The molecule has 2 aromatic carbocycles. The average Bonchev–Trinajstić information content (AvgIpc) is 3.12. The topological polar surface area (TPSA) is 95.1 Å². The second-order valence-electron chi connectivity index (χ2n) is 5.70. The molecule has 132 valence electrons. The number of nitrogens with zero attached hydrogens (tertiary/aromatic N) is 1. The lowest BCUT2D eigenvalue weighted by Gasteiger charge is -2.13. The van der Waals surface area contributed by atoms with Crippen molar-refractivity contribution in [3.63, 3.8) is 0 Å². The molecule has 6 nitrogen and oxygen atoms in total. The van der Waals surface area contributed by atoms with Crippen LogP contribution in [0.25, 0.3) is 11.3 Å². The fourth-order valence-electron chi connectivity index (χ4n) is 2.53. The van der Waals surface area contributed by atoms with Gasteiger partial charge < -0.3 is 10.4 Å². The zero-order valence-electron chi connectivity index (χ0n) is 13.6. The van der Waals surface area contributed by atoms with Gasteiger partial charge in [-0.15, -0.1) is 0 Å². The molecule has 1 atom stereocenters. The van der Waals surface area contributed by atoms with Crippen LogP contribution >= 0.6 is 0 Å². The zero-order chi connectivity index (χ0) is 18.5. The highest BCUT2D eigenvalue weighted by molar-refractivity contribution is 5.95. The number of halogens is 1. The van der Waals surface area contributed by atoms with E-state index in [0.717, 1.165) is 5.56 Å². The van der Waals surface area contributed by atoms with Crippen molar-refractivity contribution in [3.8, 4) is 11.3 Å². The normalized spacial score (nSPS) is 11.7. The van der Waals surface area contributed by atoms with Gasteiger partial charge in [0.2, 0.25) is 0 Å². The Morgan fingerprint density at radius 3 is 2.50 bits per heavy atom. The number of rotatable bonds is 6. The SMILES string of the molecule is O=C(N[C@H](Cc1ccccc1)C(=O)O)c1cc(-c2ccccc2F)n[nH]1. The quantitative estimate of drug-likeness (QED) is 0.635. The van der Waals surface area contributed by atoms with Crippen LogP contribution in [0.1, 0.15) is 16.1 Å². The van der Waals surface area contributed by atoms with Crippen LogP contribution in [0, 0.1) is 5.82 Å². The highest BCUT2D eigenvalue weighted by Gasteiger charge is 2.22. The molecule has 0 unspecified atom stereocenters. The summed E-state index contributed by atoms with van der Waals surface area (Å²) >= 11 is 0. The molecule has 1 aromatic heterocycles. The number of carbonyl (C=O) groups is 2. The van der Waals surface area contributed by atoms with Gasteiger partial charge in [-0.2, -0.15) is 5.10 Å². The summed E-state index contributed by atoms with van der Waals surface area (Å²) in [6.45, 7) is 0. The first kappa shape index (κ1) is 17.3. The van der Waals surface area contributed by atoms with E-state index in [1.54, 1.807) is 42.5 Å². The summed E-state index contributed by atoms with van der Waals surface area (Å²) in [4.78, 5) is 23.8. The maximum atomic E-state index is 13.8. The molecule has 0 bridgehead atoms. The number of carbonyl (C=O) groups excluding carboxylic acids is 1. The van der Waals surface area contributed by atoms with Crippen LogP contribution < -0.4 is 5.32 Å². The van der Waals surface area contributed by atoms with Gasteiger partial charge in [0.15, 0.2) is 0 Å². The Kier molecular flexibility index (Phi) is 5.07. The number of aromatic amines is 1. The molecule has 26 heavy (non-hydrogen) atoms. The lowest BCUT2D eigenvalue weighted by Crippen LogP contribution is -2.42. The predicted molar refractivity (Wildman–Crippen MR) is 93.0 cm³/mol. The molecule has 0 spiro atoms. The van der Waals surface area contributed by atoms with Gasteiger partial charge in [0.05, 0.1) is 5.69 Å².